The number of hydrogen-bond acceptors (Lipinski definition) is 3. The van der Waals surface area contributed by atoms with Crippen LogP contribution >= 0.6 is 0 Å². The summed E-state index contributed by atoms with van der Waals surface area (Å²) in [4.78, 5) is 12.1. The van der Waals surface area contributed by atoms with Gasteiger partial charge in [-0.15, -0.1) is 0 Å². The van der Waals surface area contributed by atoms with Gasteiger partial charge in [0.15, 0.2) is 0 Å². The Labute approximate surface area is 111 Å². The van der Waals surface area contributed by atoms with Gasteiger partial charge in [-0.05, 0) is 39.5 Å². The van der Waals surface area contributed by atoms with Crippen molar-refractivity contribution in [3.8, 4) is 0 Å². The van der Waals surface area contributed by atoms with E-state index in [1.54, 1.807) is 0 Å². The van der Waals surface area contributed by atoms with Gasteiger partial charge >= 0.3 is 0 Å². The third-order valence-corrected chi connectivity index (χ3v) is 3.52. The van der Waals surface area contributed by atoms with Crippen molar-refractivity contribution >= 4 is 5.91 Å². The lowest BCUT2D eigenvalue weighted by Crippen LogP contribution is -2.56. The molecule has 4 nitrogen and oxygen atoms in total. The third kappa shape index (κ3) is 5.36. The normalized spacial score (nSPS) is 15.4. The molecule has 0 rings (SSSR count). The third-order valence-electron chi connectivity index (χ3n) is 3.52. The molecule has 1 amide bonds. The van der Waals surface area contributed by atoms with E-state index in [1.807, 2.05) is 27.7 Å². The lowest BCUT2D eigenvalue weighted by Gasteiger charge is -2.37. The highest BCUT2D eigenvalue weighted by Gasteiger charge is 2.40. The molecule has 0 heterocycles. The van der Waals surface area contributed by atoms with Gasteiger partial charge in [-0.1, -0.05) is 20.8 Å². The molecular weight excluding hydrogens is 228 g/mol. The molecule has 18 heavy (non-hydrogen) atoms. The number of aliphatic hydroxyl groups excluding tert-OH is 1. The molecule has 4 N–H and O–H groups in total. The minimum Gasteiger partial charge on any atom is -0.391 e. The van der Waals surface area contributed by atoms with Crippen molar-refractivity contribution in [2.24, 2.45) is 16.6 Å². The zero-order chi connectivity index (χ0) is 14.8. The predicted octanol–water partition coefficient (Wildman–Crippen LogP) is 1.66. The van der Waals surface area contributed by atoms with Crippen LogP contribution in [0.25, 0.3) is 0 Å². The van der Waals surface area contributed by atoms with Gasteiger partial charge in [-0.2, -0.15) is 0 Å². The Hall–Kier alpha value is -0.610. The van der Waals surface area contributed by atoms with E-state index < -0.39 is 17.1 Å². The fraction of sp³-hybridized carbons (Fsp3) is 0.929. The van der Waals surface area contributed by atoms with Crippen LogP contribution in [0.2, 0.25) is 0 Å². The highest BCUT2D eigenvalue weighted by Crippen LogP contribution is 2.28. The molecule has 0 aromatic carbocycles. The molecule has 0 aliphatic heterocycles. The van der Waals surface area contributed by atoms with E-state index in [-0.39, 0.29) is 17.9 Å². The average Bonchev–Trinajstić information content (AvgIpc) is 2.09. The monoisotopic (exact) mass is 258 g/mol. The Balaban J connectivity index is 4.36. The molecule has 0 aromatic heterocycles. The summed E-state index contributed by atoms with van der Waals surface area (Å²) in [6.45, 7) is 13.8. The molecule has 1 atom stereocenters. The molecule has 0 aromatic rings. The van der Waals surface area contributed by atoms with Crippen LogP contribution in [-0.2, 0) is 4.79 Å². The van der Waals surface area contributed by atoms with Crippen LogP contribution in [0.3, 0.4) is 0 Å². The van der Waals surface area contributed by atoms with E-state index in [4.69, 9.17) is 5.73 Å². The molecule has 0 spiro atoms. The fourth-order valence-electron chi connectivity index (χ4n) is 1.50. The fourth-order valence-corrected chi connectivity index (χ4v) is 1.50. The first-order chi connectivity index (χ1) is 7.77. The van der Waals surface area contributed by atoms with Crippen LogP contribution in [0.1, 0.15) is 54.9 Å². The Bertz CT molecular complexity index is 285. The molecule has 0 bridgehead atoms. The lowest BCUT2D eigenvalue weighted by atomic mass is 9.74. The highest BCUT2D eigenvalue weighted by atomic mass is 16.3. The number of hydrogen-bond donors (Lipinski definition) is 3. The highest BCUT2D eigenvalue weighted by molar-refractivity contribution is 5.83. The number of carbonyl (C=O) groups is 1. The van der Waals surface area contributed by atoms with Crippen LogP contribution in [0, 0.1) is 10.8 Å². The number of amides is 1. The van der Waals surface area contributed by atoms with Crippen molar-refractivity contribution in [1.82, 2.24) is 5.32 Å². The smallest absolute Gasteiger partial charge is 0.227 e. The number of rotatable bonds is 5. The maximum Gasteiger partial charge on any atom is 0.227 e. The molecule has 0 aliphatic rings. The van der Waals surface area contributed by atoms with Gasteiger partial charge in [-0.25, -0.2) is 0 Å². The first-order valence-electron chi connectivity index (χ1n) is 6.52. The quantitative estimate of drug-likeness (QED) is 0.702. The van der Waals surface area contributed by atoms with Crippen molar-refractivity contribution in [2.45, 2.75) is 66.5 Å². The van der Waals surface area contributed by atoms with Crippen molar-refractivity contribution in [3.63, 3.8) is 0 Å². The topological polar surface area (TPSA) is 75.3 Å². The molecule has 4 heteroatoms. The SMILES string of the molecule is CC(C)(C)CC(O)CNC(=O)C(C)(C)C(C)(C)N. The van der Waals surface area contributed by atoms with Crippen LogP contribution in [0.5, 0.6) is 0 Å². The van der Waals surface area contributed by atoms with Gasteiger partial charge in [0.1, 0.15) is 0 Å². The average molecular weight is 258 g/mol. The number of nitrogens with two attached hydrogens (primary N) is 1. The molecule has 0 saturated carbocycles. The van der Waals surface area contributed by atoms with Gasteiger partial charge in [0, 0.05) is 12.1 Å². The summed E-state index contributed by atoms with van der Waals surface area (Å²) in [5.41, 5.74) is 4.77. The molecule has 0 aliphatic carbocycles. The van der Waals surface area contributed by atoms with Gasteiger partial charge in [0.05, 0.1) is 11.5 Å². The summed E-state index contributed by atoms with van der Waals surface area (Å²) in [6.07, 6.45) is 0.130. The van der Waals surface area contributed by atoms with Crippen LogP contribution in [-0.4, -0.2) is 29.2 Å². The second kappa shape index (κ2) is 5.57. The van der Waals surface area contributed by atoms with E-state index in [0.717, 1.165) is 0 Å². The number of carbonyl (C=O) groups excluding carboxylic acids is 1. The Morgan fingerprint density at radius 3 is 1.94 bits per heavy atom. The van der Waals surface area contributed by atoms with E-state index >= 15 is 0 Å². The van der Waals surface area contributed by atoms with Crippen molar-refractivity contribution in [2.75, 3.05) is 6.54 Å². The van der Waals surface area contributed by atoms with E-state index in [9.17, 15) is 9.90 Å². The summed E-state index contributed by atoms with van der Waals surface area (Å²) in [6, 6.07) is 0. The van der Waals surface area contributed by atoms with Crippen molar-refractivity contribution in [3.05, 3.63) is 0 Å². The summed E-state index contributed by atoms with van der Waals surface area (Å²) in [7, 11) is 0. The Kier molecular flexibility index (Phi) is 5.39. The summed E-state index contributed by atoms with van der Waals surface area (Å²) in [5.74, 6) is -0.122. The Morgan fingerprint density at radius 1 is 1.17 bits per heavy atom. The van der Waals surface area contributed by atoms with Crippen LogP contribution in [0.4, 0.5) is 0 Å². The van der Waals surface area contributed by atoms with Gasteiger partial charge in [0.25, 0.3) is 0 Å². The number of aliphatic hydroxyl groups is 1. The number of nitrogens with one attached hydrogen (secondary N) is 1. The van der Waals surface area contributed by atoms with Gasteiger partial charge in [-0.3, -0.25) is 4.79 Å². The first-order valence-corrected chi connectivity index (χ1v) is 6.52. The molecule has 0 saturated heterocycles. The van der Waals surface area contributed by atoms with Crippen molar-refractivity contribution in [1.29, 1.82) is 0 Å². The first kappa shape index (κ1) is 17.4. The summed E-state index contributed by atoms with van der Waals surface area (Å²) < 4.78 is 0. The standard InChI is InChI=1S/C14H30N2O2/c1-12(2,3)8-10(17)9-16-11(18)13(4,5)14(6,7)15/h10,17H,8-9,15H2,1-7H3,(H,16,18). The maximum atomic E-state index is 12.1. The van der Waals surface area contributed by atoms with Gasteiger partial charge in [0.2, 0.25) is 5.91 Å². The largest absolute Gasteiger partial charge is 0.391 e. The molecular formula is C14H30N2O2. The molecule has 1 unspecified atom stereocenters. The van der Waals surface area contributed by atoms with Crippen molar-refractivity contribution < 1.29 is 9.90 Å². The van der Waals surface area contributed by atoms with Crippen LogP contribution < -0.4 is 11.1 Å². The predicted molar refractivity (Wildman–Crippen MR) is 75.1 cm³/mol. The maximum absolute atomic E-state index is 12.1. The molecule has 0 fully saturated rings. The summed E-state index contributed by atoms with van der Waals surface area (Å²) >= 11 is 0. The minimum absolute atomic E-state index is 0.0484. The molecule has 0 radical (unpaired) electrons. The summed E-state index contributed by atoms with van der Waals surface area (Å²) in [5, 5.41) is 12.6. The Morgan fingerprint density at radius 2 is 1.61 bits per heavy atom. The second-order valence-corrected chi connectivity index (χ2v) is 7.48. The van der Waals surface area contributed by atoms with Crippen LogP contribution in [0.15, 0.2) is 0 Å². The van der Waals surface area contributed by atoms with Gasteiger partial charge < -0.3 is 16.2 Å². The van der Waals surface area contributed by atoms with E-state index in [1.165, 1.54) is 0 Å². The zero-order valence-corrected chi connectivity index (χ0v) is 12.9. The lowest BCUT2D eigenvalue weighted by molar-refractivity contribution is -0.132. The zero-order valence-electron chi connectivity index (χ0n) is 12.9. The molecule has 108 valence electrons. The van der Waals surface area contributed by atoms with E-state index in [2.05, 4.69) is 26.1 Å². The minimum atomic E-state index is -0.672. The second-order valence-electron chi connectivity index (χ2n) is 7.48. The van der Waals surface area contributed by atoms with E-state index in [0.29, 0.717) is 6.42 Å².